The van der Waals surface area contributed by atoms with Crippen LogP contribution in [0.5, 0.6) is 0 Å². The van der Waals surface area contributed by atoms with Crippen molar-refractivity contribution in [1.29, 1.82) is 0 Å². The number of halogens is 1. The summed E-state index contributed by atoms with van der Waals surface area (Å²) in [6, 6.07) is 18.3. The first kappa shape index (κ1) is 21.6. The maximum absolute atomic E-state index is 12.9. The molecule has 0 unspecified atom stereocenters. The van der Waals surface area contributed by atoms with Crippen LogP contribution in [0.2, 0.25) is 5.02 Å². The number of nitrogens with zero attached hydrogens (tertiary/aromatic N) is 5. The third-order valence-corrected chi connectivity index (χ3v) is 5.51. The van der Waals surface area contributed by atoms with Gasteiger partial charge in [0.25, 0.3) is 11.5 Å². The number of carbonyl (C=O) groups excluding carboxylic acids is 1. The van der Waals surface area contributed by atoms with Crippen LogP contribution in [-0.2, 0) is 13.1 Å². The van der Waals surface area contributed by atoms with Crippen molar-refractivity contribution in [3.05, 3.63) is 99.8 Å². The van der Waals surface area contributed by atoms with Gasteiger partial charge in [0, 0.05) is 23.2 Å². The summed E-state index contributed by atoms with van der Waals surface area (Å²) in [7, 11) is 0. The Balaban J connectivity index is 1.24. The lowest BCUT2D eigenvalue weighted by atomic mass is 10.1. The third kappa shape index (κ3) is 4.46. The van der Waals surface area contributed by atoms with E-state index in [0.29, 0.717) is 34.9 Å². The molecule has 0 fully saturated rings. The van der Waals surface area contributed by atoms with Crippen LogP contribution >= 0.6 is 11.6 Å². The van der Waals surface area contributed by atoms with Gasteiger partial charge in [-0.1, -0.05) is 59.2 Å². The molecule has 5 aromatic rings. The maximum Gasteiger partial charge on any atom is 0.273 e. The average molecular weight is 475 g/mol. The fourth-order valence-corrected chi connectivity index (χ4v) is 3.81. The number of carbonyl (C=O) groups is 1. The van der Waals surface area contributed by atoms with Gasteiger partial charge in [-0.25, -0.2) is 9.67 Å². The van der Waals surface area contributed by atoms with E-state index in [9.17, 15) is 9.59 Å². The highest BCUT2D eigenvalue weighted by atomic mass is 35.5. The van der Waals surface area contributed by atoms with Crippen molar-refractivity contribution >= 4 is 28.5 Å². The molecule has 9 nitrogen and oxygen atoms in total. The Morgan fingerprint density at radius 2 is 1.94 bits per heavy atom. The fourth-order valence-electron chi connectivity index (χ4n) is 3.59. The molecule has 3 heterocycles. The van der Waals surface area contributed by atoms with Gasteiger partial charge in [0.05, 0.1) is 19.3 Å². The van der Waals surface area contributed by atoms with E-state index in [1.165, 1.54) is 17.1 Å². The summed E-state index contributed by atoms with van der Waals surface area (Å²) in [6.45, 7) is 0.964. The first-order chi connectivity index (χ1) is 16.6. The molecule has 34 heavy (non-hydrogen) atoms. The van der Waals surface area contributed by atoms with E-state index in [-0.39, 0.29) is 23.7 Å². The average Bonchev–Trinajstić information content (AvgIpc) is 3.50. The Hall–Kier alpha value is -4.24. The number of amides is 1. The van der Waals surface area contributed by atoms with Crippen molar-refractivity contribution < 1.29 is 9.32 Å². The van der Waals surface area contributed by atoms with Gasteiger partial charge in [0.2, 0.25) is 0 Å². The highest BCUT2D eigenvalue weighted by Crippen LogP contribution is 2.19. The van der Waals surface area contributed by atoms with Crippen molar-refractivity contribution in [3.8, 4) is 11.3 Å². The topological polar surface area (TPSA) is 108 Å². The molecule has 0 aliphatic rings. The van der Waals surface area contributed by atoms with E-state index in [4.69, 9.17) is 16.1 Å². The SMILES string of the molecule is O=C(NCCn1ncc2c(=O)n(Cc3cccc(Cl)c3)cnc21)c1cc(-c2ccccc2)on1. The van der Waals surface area contributed by atoms with Crippen LogP contribution in [0.3, 0.4) is 0 Å². The molecule has 10 heteroatoms. The Kier molecular flexibility index (Phi) is 5.92. The number of benzene rings is 2. The summed E-state index contributed by atoms with van der Waals surface area (Å²) in [5.74, 6) is 0.154. The summed E-state index contributed by atoms with van der Waals surface area (Å²) in [4.78, 5) is 29.7. The molecule has 0 saturated carbocycles. The number of nitrogens with one attached hydrogen (secondary N) is 1. The second-order valence-electron chi connectivity index (χ2n) is 7.61. The standard InChI is InChI=1S/C24H19ClN6O3/c25-18-8-4-5-16(11-18)14-30-15-27-22-19(24(30)33)13-28-31(22)10-9-26-23(32)20-12-21(34-29-20)17-6-2-1-3-7-17/h1-8,11-13,15H,9-10,14H2,(H,26,32). The second-order valence-corrected chi connectivity index (χ2v) is 8.05. The van der Waals surface area contributed by atoms with E-state index in [1.54, 1.807) is 16.8 Å². The molecule has 0 atom stereocenters. The Morgan fingerprint density at radius 3 is 2.76 bits per heavy atom. The maximum atomic E-state index is 12.9. The quantitative estimate of drug-likeness (QED) is 0.387. The van der Waals surface area contributed by atoms with Crippen molar-refractivity contribution in [2.75, 3.05) is 6.54 Å². The zero-order valence-corrected chi connectivity index (χ0v) is 18.6. The highest BCUT2D eigenvalue weighted by molar-refractivity contribution is 6.30. The van der Waals surface area contributed by atoms with Crippen LogP contribution in [0.1, 0.15) is 16.1 Å². The van der Waals surface area contributed by atoms with Gasteiger partial charge in [-0.2, -0.15) is 5.10 Å². The molecule has 0 aliphatic carbocycles. The van der Waals surface area contributed by atoms with Gasteiger partial charge in [0.15, 0.2) is 17.1 Å². The highest BCUT2D eigenvalue weighted by Gasteiger charge is 2.14. The molecule has 0 bridgehead atoms. The smallest absolute Gasteiger partial charge is 0.273 e. The Morgan fingerprint density at radius 1 is 1.09 bits per heavy atom. The molecule has 5 rings (SSSR count). The molecular formula is C24H19ClN6O3. The molecular weight excluding hydrogens is 456 g/mol. The molecule has 1 amide bonds. The molecule has 0 aliphatic heterocycles. The minimum atomic E-state index is -0.362. The Bertz CT molecular complexity index is 1520. The van der Waals surface area contributed by atoms with E-state index < -0.39 is 0 Å². The zero-order valence-electron chi connectivity index (χ0n) is 17.9. The lowest BCUT2D eigenvalue weighted by Crippen LogP contribution is -2.28. The van der Waals surface area contributed by atoms with Crippen LogP contribution in [0, 0.1) is 0 Å². The lowest BCUT2D eigenvalue weighted by molar-refractivity contribution is 0.0943. The van der Waals surface area contributed by atoms with Gasteiger partial charge < -0.3 is 9.84 Å². The Labute approximate surface area is 198 Å². The van der Waals surface area contributed by atoms with Crippen molar-refractivity contribution in [2.45, 2.75) is 13.1 Å². The van der Waals surface area contributed by atoms with Crippen LogP contribution in [0.4, 0.5) is 0 Å². The first-order valence-corrected chi connectivity index (χ1v) is 10.9. The number of fused-ring (bicyclic) bond motifs is 1. The number of aromatic nitrogens is 5. The van der Waals surface area contributed by atoms with E-state index >= 15 is 0 Å². The van der Waals surface area contributed by atoms with Crippen LogP contribution in [0.25, 0.3) is 22.4 Å². The van der Waals surface area contributed by atoms with Crippen molar-refractivity contribution in [1.82, 2.24) is 29.8 Å². The summed E-state index contributed by atoms with van der Waals surface area (Å²) < 4.78 is 8.37. The van der Waals surface area contributed by atoms with Gasteiger partial charge in [0.1, 0.15) is 11.7 Å². The first-order valence-electron chi connectivity index (χ1n) is 10.5. The number of rotatable bonds is 7. The molecule has 1 N–H and O–H groups in total. The molecule has 0 spiro atoms. The second kappa shape index (κ2) is 9.32. The minimum Gasteiger partial charge on any atom is -0.355 e. The third-order valence-electron chi connectivity index (χ3n) is 5.27. The predicted octanol–water partition coefficient (Wildman–Crippen LogP) is 3.38. The number of hydrogen-bond acceptors (Lipinski definition) is 6. The molecule has 0 saturated heterocycles. The predicted molar refractivity (Wildman–Crippen MR) is 127 cm³/mol. The molecule has 3 aromatic heterocycles. The summed E-state index contributed by atoms with van der Waals surface area (Å²) in [5.41, 5.74) is 2.18. The van der Waals surface area contributed by atoms with E-state index in [2.05, 4.69) is 20.6 Å². The zero-order chi connectivity index (χ0) is 23.5. The largest absolute Gasteiger partial charge is 0.355 e. The van der Waals surface area contributed by atoms with Gasteiger partial charge in [-0.05, 0) is 17.7 Å². The monoisotopic (exact) mass is 474 g/mol. The van der Waals surface area contributed by atoms with Crippen molar-refractivity contribution in [3.63, 3.8) is 0 Å². The van der Waals surface area contributed by atoms with Gasteiger partial charge in [-0.15, -0.1) is 0 Å². The lowest BCUT2D eigenvalue weighted by Gasteiger charge is -2.07. The fraction of sp³-hybridized carbons (Fsp3) is 0.125. The summed E-state index contributed by atoms with van der Waals surface area (Å²) >= 11 is 6.03. The molecule has 2 aromatic carbocycles. The van der Waals surface area contributed by atoms with Gasteiger partial charge >= 0.3 is 0 Å². The molecule has 170 valence electrons. The molecule has 0 radical (unpaired) electrons. The van der Waals surface area contributed by atoms with Crippen molar-refractivity contribution in [2.24, 2.45) is 0 Å². The minimum absolute atomic E-state index is 0.186. The van der Waals surface area contributed by atoms with Gasteiger partial charge in [-0.3, -0.25) is 14.2 Å². The summed E-state index contributed by atoms with van der Waals surface area (Å²) in [6.07, 6.45) is 2.98. The van der Waals surface area contributed by atoms with Crippen LogP contribution in [-0.4, -0.2) is 36.9 Å². The van der Waals surface area contributed by atoms with E-state index in [0.717, 1.165) is 11.1 Å². The normalized spacial score (nSPS) is 11.1. The number of hydrogen-bond donors (Lipinski definition) is 1. The van der Waals surface area contributed by atoms with E-state index in [1.807, 2.05) is 48.5 Å². The van der Waals surface area contributed by atoms with Crippen LogP contribution in [0.15, 0.2) is 82.5 Å². The van der Waals surface area contributed by atoms with Crippen LogP contribution < -0.4 is 10.9 Å². The summed E-state index contributed by atoms with van der Waals surface area (Å²) in [5, 5.41) is 11.9.